The van der Waals surface area contributed by atoms with Crippen molar-refractivity contribution in [3.05, 3.63) is 421 Å². The fourth-order valence-corrected chi connectivity index (χ4v) is 22.8. The molecule has 4 heteroatoms. The van der Waals surface area contributed by atoms with Crippen LogP contribution in [0.15, 0.2) is 376 Å². The Kier molecular flexibility index (Phi) is 11.6. The molecule has 0 saturated carbocycles. The molecule has 4 aliphatic heterocycles. The van der Waals surface area contributed by atoms with E-state index in [0.717, 1.165) is 11.4 Å². The van der Waals surface area contributed by atoms with Crippen molar-refractivity contribution in [2.75, 3.05) is 9.80 Å². The lowest BCUT2D eigenvalue weighted by Crippen LogP contribution is -2.66. The van der Waals surface area contributed by atoms with Crippen molar-refractivity contribution in [2.24, 2.45) is 0 Å². The second-order valence-corrected chi connectivity index (χ2v) is 31.3. The Morgan fingerprint density at radius 1 is 0.182 bits per heavy atom. The zero-order valence-corrected chi connectivity index (χ0v) is 59.8. The van der Waals surface area contributed by atoms with Crippen molar-refractivity contribution in [3.8, 4) is 100 Å². The van der Waals surface area contributed by atoms with Crippen LogP contribution in [0.25, 0.3) is 122 Å². The van der Waals surface area contributed by atoms with Gasteiger partial charge in [0.2, 0.25) is 13.4 Å². The van der Waals surface area contributed by atoms with E-state index in [1.165, 1.54) is 222 Å². The molecule has 0 aromatic heterocycles. The second kappa shape index (κ2) is 21.5. The molecule has 0 bridgehead atoms. The predicted octanol–water partition coefficient (Wildman–Crippen LogP) is 22.2. The topological polar surface area (TPSA) is 6.48 Å². The predicted molar refractivity (Wildman–Crippen MR) is 460 cm³/mol. The average Bonchev–Trinajstić information content (AvgIpc) is 0.791. The van der Waals surface area contributed by atoms with Crippen LogP contribution in [0.2, 0.25) is 0 Å². The van der Waals surface area contributed by atoms with Gasteiger partial charge < -0.3 is 9.80 Å². The number of hydrogen-bond acceptors (Lipinski definition) is 2. The summed E-state index contributed by atoms with van der Waals surface area (Å²) in [4.78, 5) is 5.50. The minimum atomic E-state index is -0.595. The van der Waals surface area contributed by atoms with Crippen molar-refractivity contribution >= 4 is 102 Å². The molecule has 110 heavy (non-hydrogen) atoms. The first-order valence-electron chi connectivity index (χ1n) is 38.9. The Balaban J connectivity index is 0.871. The molecule has 18 aromatic carbocycles. The normalized spacial score (nSPS) is 14.4. The highest BCUT2D eigenvalue weighted by Gasteiger charge is 2.57. The van der Waals surface area contributed by atoms with E-state index in [1.807, 2.05) is 0 Å². The number of anilines is 6. The highest BCUT2D eigenvalue weighted by Crippen LogP contribution is 2.67. The van der Waals surface area contributed by atoms with Gasteiger partial charge in [0, 0.05) is 33.9 Å². The summed E-state index contributed by atoms with van der Waals surface area (Å²) in [5.74, 6) is 0. The smallest absolute Gasteiger partial charge is 0.248 e. The van der Waals surface area contributed by atoms with Crippen LogP contribution in [0, 0.1) is 0 Å². The van der Waals surface area contributed by atoms with Gasteiger partial charge >= 0.3 is 0 Å². The van der Waals surface area contributed by atoms with Crippen molar-refractivity contribution in [1.29, 1.82) is 0 Å². The molecule has 26 rings (SSSR count). The van der Waals surface area contributed by atoms with Crippen LogP contribution in [0.1, 0.15) is 44.5 Å². The molecule has 4 heterocycles. The van der Waals surface area contributed by atoms with Crippen molar-refractivity contribution < 1.29 is 0 Å². The molecule has 0 atom stereocenters. The van der Waals surface area contributed by atoms with Crippen LogP contribution < -0.4 is 42.6 Å². The summed E-state index contributed by atoms with van der Waals surface area (Å²) in [6.07, 6.45) is 0. The number of hydrogen-bond donors (Lipinski definition) is 0. The van der Waals surface area contributed by atoms with Crippen molar-refractivity contribution in [1.82, 2.24) is 0 Å². The molecule has 502 valence electrons. The SMILES string of the molecule is c1ccc(-c2ccccc2-c2c3cccc4c3c3c5c(cccc25)B2c5cc6c(cc5N(c5ccccc5-c5ccccc5)c5cc7c(c-3c52)B4c2cc3c(cc2N7c2ccccc2-c2ccccc2)-c2ccccc2C32c3ccccc3-c3ccccc32)-c2ccccc2C62c3ccccc3-c3ccccc32)cc1. The molecule has 8 aliphatic rings. The highest BCUT2D eigenvalue weighted by molar-refractivity contribution is 7.05. The molecule has 2 nitrogen and oxygen atoms in total. The Bertz CT molecular complexity index is 6720. The number of nitrogens with zero attached hydrogens (tertiary/aromatic N) is 2. The van der Waals surface area contributed by atoms with E-state index >= 15 is 0 Å². The minimum Gasteiger partial charge on any atom is -0.311 e. The third kappa shape index (κ3) is 7.20. The van der Waals surface area contributed by atoms with Gasteiger partial charge in [0.05, 0.1) is 22.2 Å². The maximum absolute atomic E-state index is 2.75. The Morgan fingerprint density at radius 3 is 0.873 bits per heavy atom. The third-order valence-corrected chi connectivity index (χ3v) is 26.7. The van der Waals surface area contributed by atoms with E-state index in [9.17, 15) is 0 Å². The summed E-state index contributed by atoms with van der Waals surface area (Å²) >= 11 is 0. The molecular weight excluding hydrogens is 1320 g/mol. The number of benzene rings is 18. The molecular formula is C106H62B2N2. The van der Waals surface area contributed by atoms with Crippen LogP contribution in [-0.2, 0) is 10.8 Å². The lowest BCUT2D eigenvalue weighted by Gasteiger charge is -2.48. The minimum absolute atomic E-state index is 0.231. The summed E-state index contributed by atoms with van der Waals surface area (Å²) in [6, 6.07) is 146. The van der Waals surface area contributed by atoms with E-state index in [1.54, 1.807) is 0 Å². The average molecular weight is 1390 g/mol. The van der Waals surface area contributed by atoms with E-state index in [-0.39, 0.29) is 13.4 Å². The maximum Gasteiger partial charge on any atom is 0.248 e. The van der Waals surface area contributed by atoms with Gasteiger partial charge in [0.25, 0.3) is 0 Å². The standard InChI is InChI=1S/C106H62B2N2/c1-4-30-63(31-5-1)66-36-10-11-45-75(66)98-76-46-28-54-88-99(76)101-100-77(98)47-29-55-89(100)108-91-61-87-79(74-44-17-25-53-85(74)106(87)82-50-22-14-41-71(82)72-42-15-23-51-83(72)106)59-95(91)110(93-57-27-19-38-68(93)65-34-8-3-9-35-65)97-62-96-103(102(101)104(97)108)107(88)90-60-86-78(58-94(90)109(96)92-56-26-18-37-67(92)64-32-6-2-7-33-64)73-43-16-24-52-84(73)105(86)80-48-20-12-39-69(80)70-40-13-21-49-81(70)105/h1-62H. The maximum atomic E-state index is 2.75. The van der Waals surface area contributed by atoms with Gasteiger partial charge in [-0.25, -0.2) is 0 Å². The lowest BCUT2D eigenvalue weighted by molar-refractivity contribution is 0.794. The van der Waals surface area contributed by atoms with Gasteiger partial charge in [0.15, 0.2) is 0 Å². The zero-order chi connectivity index (χ0) is 71.4. The molecule has 0 radical (unpaired) electrons. The first-order chi connectivity index (χ1) is 54.7. The second-order valence-electron chi connectivity index (χ2n) is 31.3. The number of fused-ring (bicyclic) bond motifs is 26. The molecule has 2 spiro atoms. The Hall–Kier alpha value is -13.8. The summed E-state index contributed by atoms with van der Waals surface area (Å²) in [6.45, 7) is -0.461. The molecule has 0 N–H and O–H groups in total. The largest absolute Gasteiger partial charge is 0.311 e. The molecule has 0 amide bonds. The van der Waals surface area contributed by atoms with E-state index in [2.05, 4.69) is 386 Å². The number of para-hydroxylation sites is 2. The van der Waals surface area contributed by atoms with Crippen LogP contribution in [-0.4, -0.2) is 13.4 Å². The zero-order valence-electron chi connectivity index (χ0n) is 59.8. The summed E-state index contributed by atoms with van der Waals surface area (Å²) < 4.78 is 0. The van der Waals surface area contributed by atoms with Gasteiger partial charge in [-0.05, 0) is 207 Å². The molecule has 4 aliphatic carbocycles. The fourth-order valence-electron chi connectivity index (χ4n) is 22.8. The lowest BCUT2D eigenvalue weighted by atomic mass is 9.26. The van der Waals surface area contributed by atoms with Gasteiger partial charge in [-0.15, -0.1) is 0 Å². The van der Waals surface area contributed by atoms with Gasteiger partial charge in [0.1, 0.15) is 0 Å². The summed E-state index contributed by atoms with van der Waals surface area (Å²) in [5.41, 5.74) is 47.2. The van der Waals surface area contributed by atoms with Gasteiger partial charge in [-0.3, -0.25) is 0 Å². The monoisotopic (exact) mass is 1380 g/mol. The number of rotatable bonds is 6. The third-order valence-electron chi connectivity index (χ3n) is 26.7. The van der Waals surface area contributed by atoms with Crippen LogP contribution in [0.5, 0.6) is 0 Å². The van der Waals surface area contributed by atoms with Crippen molar-refractivity contribution in [2.45, 2.75) is 10.8 Å². The molecule has 18 aromatic rings. The quantitative estimate of drug-likeness (QED) is 0.121. The van der Waals surface area contributed by atoms with E-state index in [0.29, 0.717) is 0 Å². The molecule has 0 unspecified atom stereocenters. The van der Waals surface area contributed by atoms with Crippen LogP contribution in [0.4, 0.5) is 34.1 Å². The summed E-state index contributed by atoms with van der Waals surface area (Å²) in [7, 11) is 0. The van der Waals surface area contributed by atoms with Crippen LogP contribution >= 0.6 is 0 Å². The van der Waals surface area contributed by atoms with Crippen LogP contribution in [0.3, 0.4) is 0 Å². The van der Waals surface area contributed by atoms with E-state index < -0.39 is 10.8 Å². The first kappa shape index (κ1) is 59.4. The first-order valence-corrected chi connectivity index (χ1v) is 38.9. The molecule has 0 fully saturated rings. The Labute approximate surface area is 638 Å². The summed E-state index contributed by atoms with van der Waals surface area (Å²) in [5, 5.41) is 5.22. The highest BCUT2D eigenvalue weighted by atomic mass is 15.2. The Morgan fingerprint density at radius 2 is 0.491 bits per heavy atom. The van der Waals surface area contributed by atoms with Gasteiger partial charge in [-0.1, -0.05) is 357 Å². The van der Waals surface area contributed by atoms with Crippen molar-refractivity contribution in [3.63, 3.8) is 0 Å². The fraction of sp³-hybridized carbons (Fsp3) is 0.0189. The van der Waals surface area contributed by atoms with Gasteiger partial charge in [-0.2, -0.15) is 0 Å². The molecule has 0 saturated heterocycles. The van der Waals surface area contributed by atoms with E-state index in [4.69, 9.17) is 0 Å².